The average molecular weight is 469 g/mol. The van der Waals surface area contributed by atoms with Crippen LogP contribution in [0.3, 0.4) is 0 Å². The summed E-state index contributed by atoms with van der Waals surface area (Å²) in [5.74, 6) is -4.56. The number of quaternary nitrogens is 4. The fourth-order valence-electron chi connectivity index (χ4n) is 1.78. The summed E-state index contributed by atoms with van der Waals surface area (Å²) in [7, 11) is 0. The number of carbonyl (C=O) groups excluding carboxylic acids is 4. The predicted molar refractivity (Wildman–Crippen MR) is 106 cm³/mol. The molecule has 12 N–H and O–H groups in total. The molecule has 0 unspecified atom stereocenters. The number of unbranched alkanes of at least 4 members (excludes halogenated alkanes) is 5. The van der Waals surface area contributed by atoms with Crippen LogP contribution in [0.4, 0.5) is 0 Å². The van der Waals surface area contributed by atoms with Crippen LogP contribution in [0.15, 0.2) is 0 Å². The first-order valence-corrected chi connectivity index (χ1v) is 10.9. The normalized spacial score (nSPS) is 9.31. The summed E-state index contributed by atoms with van der Waals surface area (Å²) in [6.07, 6.45) is 6.68. The molecule has 0 saturated carbocycles. The third kappa shape index (κ3) is 70.8. The van der Waals surface area contributed by atoms with Crippen molar-refractivity contribution in [3.63, 3.8) is 0 Å². The van der Waals surface area contributed by atoms with Crippen molar-refractivity contribution in [1.29, 1.82) is 0 Å². The smallest absolute Gasteiger partial charge is 0.204 e. The SMILES string of the molecule is CC([NH3+])[NH3+].O=C([O-])CCCCC(=O)[O-].O=C([O-])CCCCC(=O)[O-].[NH3+]CCCCCC[NH3+]. The monoisotopic (exact) mass is 468 g/mol. The van der Waals surface area contributed by atoms with E-state index in [4.69, 9.17) is 0 Å². The summed E-state index contributed by atoms with van der Waals surface area (Å²) >= 11 is 0. The van der Waals surface area contributed by atoms with Crippen LogP contribution in [-0.4, -0.2) is 43.1 Å². The van der Waals surface area contributed by atoms with E-state index in [-0.39, 0.29) is 25.7 Å². The van der Waals surface area contributed by atoms with E-state index in [0.717, 1.165) is 13.1 Å². The van der Waals surface area contributed by atoms with Gasteiger partial charge in [0.15, 0.2) is 0 Å². The van der Waals surface area contributed by atoms with Gasteiger partial charge in [-0.1, -0.05) is 0 Å². The molecule has 0 aromatic rings. The van der Waals surface area contributed by atoms with E-state index in [0.29, 0.717) is 31.8 Å². The molecule has 0 aliphatic rings. The molecule has 0 aromatic heterocycles. The minimum Gasteiger partial charge on any atom is -0.550 e. The summed E-state index contributed by atoms with van der Waals surface area (Å²) in [6, 6.07) is 0. The number of carboxylic acids is 4. The lowest BCUT2D eigenvalue weighted by molar-refractivity contribution is -0.651. The van der Waals surface area contributed by atoms with Gasteiger partial charge in [0.25, 0.3) is 0 Å². The minimum atomic E-state index is -1.14. The lowest BCUT2D eigenvalue weighted by atomic mass is 10.2. The highest BCUT2D eigenvalue weighted by molar-refractivity contribution is 5.66. The molecular formula is C20H44N4O8. The number of hydrogen-bond donors (Lipinski definition) is 4. The van der Waals surface area contributed by atoms with Gasteiger partial charge in [-0.3, -0.25) is 0 Å². The molecule has 12 heteroatoms. The van der Waals surface area contributed by atoms with Crippen molar-refractivity contribution in [1.82, 2.24) is 0 Å². The van der Waals surface area contributed by atoms with Crippen LogP contribution in [0.25, 0.3) is 0 Å². The summed E-state index contributed by atoms with van der Waals surface area (Å²) < 4.78 is 0. The van der Waals surface area contributed by atoms with Crippen molar-refractivity contribution >= 4 is 23.9 Å². The summed E-state index contributed by atoms with van der Waals surface area (Å²) in [5.41, 5.74) is 14.6. The lowest BCUT2D eigenvalue weighted by Gasteiger charge is -2.01. The van der Waals surface area contributed by atoms with Crippen LogP contribution in [0.2, 0.25) is 0 Å². The number of hydrogen-bond acceptors (Lipinski definition) is 8. The molecule has 0 amide bonds. The number of rotatable bonds is 15. The molecule has 0 spiro atoms. The van der Waals surface area contributed by atoms with Gasteiger partial charge in [-0.15, -0.1) is 0 Å². The van der Waals surface area contributed by atoms with Gasteiger partial charge in [-0.05, 0) is 77.0 Å². The van der Waals surface area contributed by atoms with Crippen molar-refractivity contribution < 1.29 is 62.5 Å². The molecule has 0 atom stereocenters. The van der Waals surface area contributed by atoms with Crippen molar-refractivity contribution in [2.24, 2.45) is 0 Å². The molecular weight excluding hydrogens is 424 g/mol. The average Bonchev–Trinajstić information content (AvgIpc) is 2.66. The Kier molecular flexibility index (Phi) is 35.8. The van der Waals surface area contributed by atoms with Gasteiger partial charge in [-0.25, -0.2) is 0 Å². The van der Waals surface area contributed by atoms with Gasteiger partial charge in [0.1, 0.15) is 0 Å². The van der Waals surface area contributed by atoms with Gasteiger partial charge >= 0.3 is 0 Å². The van der Waals surface area contributed by atoms with Crippen LogP contribution in [0.1, 0.15) is 84.0 Å². The van der Waals surface area contributed by atoms with Crippen LogP contribution in [-0.2, 0) is 19.2 Å². The maximum absolute atomic E-state index is 9.77. The quantitative estimate of drug-likeness (QED) is 0.132. The van der Waals surface area contributed by atoms with E-state index in [1.807, 2.05) is 6.92 Å². The Morgan fingerprint density at radius 2 is 0.719 bits per heavy atom. The Bertz CT molecular complexity index is 390. The van der Waals surface area contributed by atoms with Gasteiger partial charge in [0.05, 0.1) is 13.1 Å². The maximum Gasteiger partial charge on any atom is 0.204 e. The second-order valence-electron chi connectivity index (χ2n) is 7.13. The highest BCUT2D eigenvalue weighted by atomic mass is 16.4. The van der Waals surface area contributed by atoms with Gasteiger partial charge < -0.3 is 62.5 Å². The van der Waals surface area contributed by atoms with E-state index in [1.165, 1.54) is 25.7 Å². The molecule has 0 heterocycles. The third-order valence-electron chi connectivity index (χ3n) is 3.27. The highest BCUT2D eigenvalue weighted by Gasteiger charge is 1.90. The molecule has 32 heavy (non-hydrogen) atoms. The molecule has 0 saturated heterocycles. The van der Waals surface area contributed by atoms with Gasteiger partial charge in [0, 0.05) is 30.8 Å². The van der Waals surface area contributed by atoms with E-state index < -0.39 is 23.9 Å². The Labute approximate surface area is 190 Å². The van der Waals surface area contributed by atoms with Crippen LogP contribution in [0, 0.1) is 0 Å². The lowest BCUT2D eigenvalue weighted by Crippen LogP contribution is -2.82. The Balaban J connectivity index is -0.000000170. The molecule has 0 rings (SSSR count). The van der Waals surface area contributed by atoms with E-state index in [1.54, 1.807) is 0 Å². The predicted octanol–water partition coefficient (Wildman–Crippen LogP) is -7.06. The van der Waals surface area contributed by atoms with E-state index >= 15 is 0 Å². The number of aliphatic carboxylic acids is 4. The molecule has 0 radical (unpaired) electrons. The fraction of sp³-hybridized carbons (Fsp3) is 0.800. The fourth-order valence-corrected chi connectivity index (χ4v) is 1.78. The molecule has 0 aromatic carbocycles. The summed E-state index contributed by atoms with van der Waals surface area (Å²) in [6.45, 7) is 4.13. The topological polar surface area (TPSA) is 271 Å². The van der Waals surface area contributed by atoms with Crippen LogP contribution in [0.5, 0.6) is 0 Å². The van der Waals surface area contributed by atoms with E-state index in [2.05, 4.69) is 22.9 Å². The van der Waals surface area contributed by atoms with Crippen molar-refractivity contribution in [3.8, 4) is 0 Å². The Hall–Kier alpha value is -2.28. The molecule has 192 valence electrons. The molecule has 0 fully saturated rings. The first-order chi connectivity index (χ1) is 14.9. The number of carbonyl (C=O) groups is 4. The van der Waals surface area contributed by atoms with Gasteiger partial charge in [0.2, 0.25) is 6.17 Å². The van der Waals surface area contributed by atoms with Gasteiger partial charge in [-0.2, -0.15) is 0 Å². The third-order valence-corrected chi connectivity index (χ3v) is 3.27. The zero-order valence-electron chi connectivity index (χ0n) is 19.6. The second kappa shape index (κ2) is 30.9. The van der Waals surface area contributed by atoms with Crippen LogP contribution < -0.4 is 43.4 Å². The molecule has 0 aliphatic carbocycles. The Morgan fingerprint density at radius 3 is 0.844 bits per heavy atom. The standard InChI is InChI=1S/C6H16N2.2C6H10O4.C2H8N2/c7-5-3-1-2-4-6-8;2*7-5(8)3-1-2-4-6(9)10;1-2(3)4/h1-8H2;2*1-4H2,(H,7,8)(H,9,10);2H,3-4H2,1H3. The highest BCUT2D eigenvalue weighted by Crippen LogP contribution is 1.97. The van der Waals surface area contributed by atoms with Crippen molar-refractivity contribution in [2.45, 2.75) is 90.1 Å². The first-order valence-electron chi connectivity index (χ1n) is 10.9. The zero-order valence-corrected chi connectivity index (χ0v) is 19.6. The van der Waals surface area contributed by atoms with Crippen LogP contribution >= 0.6 is 0 Å². The van der Waals surface area contributed by atoms with E-state index in [9.17, 15) is 39.6 Å². The minimum absolute atomic E-state index is 0.0761. The Morgan fingerprint density at radius 1 is 0.531 bits per heavy atom. The summed E-state index contributed by atoms with van der Waals surface area (Å²) in [5, 5.41) is 39.1. The molecule has 12 nitrogen and oxygen atoms in total. The second-order valence-corrected chi connectivity index (χ2v) is 7.13. The molecule has 0 aliphatic heterocycles. The summed E-state index contributed by atoms with van der Waals surface area (Å²) in [4.78, 5) is 39.1. The maximum atomic E-state index is 9.77. The van der Waals surface area contributed by atoms with Crippen molar-refractivity contribution in [3.05, 3.63) is 0 Å². The first kappa shape index (κ1) is 37.1. The zero-order chi connectivity index (χ0) is 25.8. The largest absolute Gasteiger partial charge is 0.550 e. The molecule has 0 bridgehead atoms. The van der Waals surface area contributed by atoms with Crippen molar-refractivity contribution in [2.75, 3.05) is 13.1 Å². The number of carboxylic acid groups (broad SMARTS) is 4.